The fourth-order valence-corrected chi connectivity index (χ4v) is 2.67. The van der Waals surface area contributed by atoms with E-state index in [4.69, 9.17) is 22.4 Å². The summed E-state index contributed by atoms with van der Waals surface area (Å²) in [5.74, 6) is -1.17. The number of carboxylic acid groups (broad SMARTS) is 1. The lowest BCUT2D eigenvalue weighted by molar-refractivity contribution is -0.139. The van der Waals surface area contributed by atoms with E-state index in [-0.39, 0.29) is 11.7 Å². The first-order valence-corrected chi connectivity index (χ1v) is 7.68. The molecular weight excluding hydrogens is 312 g/mol. The molecule has 4 N–H and O–H groups in total. The van der Waals surface area contributed by atoms with Gasteiger partial charge in [-0.25, -0.2) is 0 Å². The number of amides is 1. The Morgan fingerprint density at radius 1 is 1.48 bits per heavy atom. The van der Waals surface area contributed by atoms with Crippen molar-refractivity contribution in [3.05, 3.63) is 28.8 Å². The van der Waals surface area contributed by atoms with Gasteiger partial charge in [0.15, 0.2) is 0 Å². The smallest absolute Gasteiger partial charge is 0.321 e. The summed E-state index contributed by atoms with van der Waals surface area (Å²) in [6, 6.07) is 4.15. The predicted octanol–water partition coefficient (Wildman–Crippen LogP) is 2.51. The molecule has 1 aromatic rings. The second-order valence-corrected chi connectivity index (χ2v) is 7.28. The lowest BCUT2D eigenvalue weighted by Crippen LogP contribution is -2.47. The SMILES string of the molecule is Cc1cc(Cl)ccc1NC(=O)CSC(C)(C)[C@H](N)C(=O)O. The van der Waals surface area contributed by atoms with Crippen LogP contribution in [-0.4, -0.2) is 33.5 Å². The van der Waals surface area contributed by atoms with Gasteiger partial charge in [0.2, 0.25) is 5.91 Å². The number of nitrogens with one attached hydrogen (secondary N) is 1. The fraction of sp³-hybridized carbons (Fsp3) is 0.429. The van der Waals surface area contributed by atoms with Crippen molar-refractivity contribution in [1.82, 2.24) is 0 Å². The fourth-order valence-electron chi connectivity index (χ4n) is 1.59. The number of carbonyl (C=O) groups excluding carboxylic acids is 1. The Morgan fingerprint density at radius 3 is 2.62 bits per heavy atom. The summed E-state index contributed by atoms with van der Waals surface area (Å²) in [6.07, 6.45) is 0. The van der Waals surface area contributed by atoms with E-state index >= 15 is 0 Å². The second-order valence-electron chi connectivity index (χ2n) is 5.22. The van der Waals surface area contributed by atoms with Crippen molar-refractivity contribution < 1.29 is 14.7 Å². The van der Waals surface area contributed by atoms with Crippen molar-refractivity contribution in [2.24, 2.45) is 5.73 Å². The summed E-state index contributed by atoms with van der Waals surface area (Å²) < 4.78 is -0.738. The molecule has 1 rings (SSSR count). The largest absolute Gasteiger partial charge is 0.480 e. The number of hydrogen-bond donors (Lipinski definition) is 3. The van der Waals surface area contributed by atoms with Gasteiger partial charge in [0.05, 0.1) is 5.75 Å². The molecule has 5 nitrogen and oxygen atoms in total. The lowest BCUT2D eigenvalue weighted by Gasteiger charge is -2.27. The van der Waals surface area contributed by atoms with Crippen LogP contribution in [-0.2, 0) is 9.59 Å². The molecule has 0 fully saturated rings. The monoisotopic (exact) mass is 330 g/mol. The molecule has 0 radical (unpaired) electrons. The van der Waals surface area contributed by atoms with Crippen molar-refractivity contribution >= 4 is 40.9 Å². The van der Waals surface area contributed by atoms with Gasteiger partial charge in [-0.15, -0.1) is 11.8 Å². The Kier molecular flexibility index (Phi) is 6.07. The minimum Gasteiger partial charge on any atom is -0.480 e. The molecule has 0 aliphatic rings. The summed E-state index contributed by atoms with van der Waals surface area (Å²) in [6.45, 7) is 5.26. The maximum Gasteiger partial charge on any atom is 0.321 e. The third-order valence-electron chi connectivity index (χ3n) is 3.05. The number of carboxylic acids is 1. The number of rotatable bonds is 6. The van der Waals surface area contributed by atoms with E-state index in [0.717, 1.165) is 5.56 Å². The Hall–Kier alpha value is -1.24. The summed E-state index contributed by atoms with van der Waals surface area (Å²) in [7, 11) is 0. The molecule has 0 heterocycles. The van der Waals surface area contributed by atoms with Crippen LogP contribution in [0.4, 0.5) is 5.69 Å². The highest BCUT2D eigenvalue weighted by molar-refractivity contribution is 8.01. The van der Waals surface area contributed by atoms with Gasteiger partial charge in [-0.2, -0.15) is 0 Å². The number of anilines is 1. The number of carbonyl (C=O) groups is 2. The third-order valence-corrected chi connectivity index (χ3v) is 4.69. The van der Waals surface area contributed by atoms with Crippen molar-refractivity contribution in [1.29, 1.82) is 0 Å². The van der Waals surface area contributed by atoms with Gasteiger partial charge >= 0.3 is 5.97 Å². The first-order valence-electron chi connectivity index (χ1n) is 6.32. The molecule has 1 aromatic carbocycles. The number of hydrogen-bond acceptors (Lipinski definition) is 4. The lowest BCUT2D eigenvalue weighted by atomic mass is 10.1. The average Bonchev–Trinajstić information content (AvgIpc) is 2.39. The highest BCUT2D eigenvalue weighted by Gasteiger charge is 2.33. The molecular formula is C14H19ClN2O3S. The Morgan fingerprint density at radius 2 is 2.10 bits per heavy atom. The van der Waals surface area contributed by atoms with Gasteiger partial charge in [-0.05, 0) is 44.5 Å². The van der Waals surface area contributed by atoms with Crippen molar-refractivity contribution in [3.63, 3.8) is 0 Å². The van der Waals surface area contributed by atoms with E-state index in [1.165, 1.54) is 11.8 Å². The second kappa shape index (κ2) is 7.15. The first-order chi connectivity index (χ1) is 9.63. The van der Waals surface area contributed by atoms with Crippen LogP contribution in [0.5, 0.6) is 0 Å². The van der Waals surface area contributed by atoms with E-state index in [1.807, 2.05) is 6.92 Å². The maximum atomic E-state index is 11.9. The number of benzene rings is 1. The molecule has 1 atom stereocenters. The molecule has 0 spiro atoms. The van der Waals surface area contributed by atoms with Gasteiger partial charge in [0.25, 0.3) is 0 Å². The van der Waals surface area contributed by atoms with Crippen LogP contribution in [0.2, 0.25) is 5.02 Å². The van der Waals surface area contributed by atoms with Gasteiger partial charge in [0.1, 0.15) is 6.04 Å². The summed E-state index contributed by atoms with van der Waals surface area (Å²) >= 11 is 7.06. The molecule has 0 saturated carbocycles. The standard InChI is InChI=1S/C14H19ClN2O3S/c1-8-6-9(15)4-5-10(8)17-11(18)7-21-14(2,3)12(16)13(19)20/h4-6,12H,7,16H2,1-3H3,(H,17,18)(H,19,20)/t12-/m1/s1. The molecule has 0 saturated heterocycles. The Labute approximate surface area is 133 Å². The molecule has 0 aliphatic heterocycles. The average molecular weight is 331 g/mol. The zero-order valence-electron chi connectivity index (χ0n) is 12.1. The van der Waals surface area contributed by atoms with Crippen molar-refractivity contribution in [3.8, 4) is 0 Å². The maximum absolute atomic E-state index is 11.9. The van der Waals surface area contributed by atoms with Gasteiger partial charge in [-0.3, -0.25) is 9.59 Å². The van der Waals surface area contributed by atoms with E-state index in [0.29, 0.717) is 10.7 Å². The van der Waals surface area contributed by atoms with Crippen LogP contribution in [0.15, 0.2) is 18.2 Å². The minimum absolute atomic E-state index is 0.121. The third kappa shape index (κ3) is 5.22. The summed E-state index contributed by atoms with van der Waals surface area (Å²) in [5.41, 5.74) is 7.16. The highest BCUT2D eigenvalue weighted by atomic mass is 35.5. The topological polar surface area (TPSA) is 92.4 Å². The summed E-state index contributed by atoms with van der Waals surface area (Å²) in [4.78, 5) is 22.8. The van der Waals surface area contributed by atoms with Crippen LogP contribution in [0.1, 0.15) is 19.4 Å². The number of aryl methyl sites for hydroxylation is 1. The Bertz CT molecular complexity index is 549. The first kappa shape index (κ1) is 17.8. The number of nitrogens with two attached hydrogens (primary N) is 1. The zero-order chi connectivity index (χ0) is 16.2. The van der Waals surface area contributed by atoms with Crippen LogP contribution in [0.3, 0.4) is 0 Å². The normalized spacial score (nSPS) is 12.8. The number of thioether (sulfide) groups is 1. The zero-order valence-corrected chi connectivity index (χ0v) is 13.7. The van der Waals surface area contributed by atoms with Crippen LogP contribution in [0, 0.1) is 6.92 Å². The van der Waals surface area contributed by atoms with Crippen molar-refractivity contribution in [2.45, 2.75) is 31.6 Å². The number of aliphatic carboxylic acids is 1. The molecule has 0 unspecified atom stereocenters. The van der Waals surface area contributed by atoms with E-state index in [2.05, 4.69) is 5.32 Å². The minimum atomic E-state index is -1.08. The molecule has 1 amide bonds. The molecule has 7 heteroatoms. The summed E-state index contributed by atoms with van der Waals surface area (Å²) in [5, 5.41) is 12.3. The molecule has 21 heavy (non-hydrogen) atoms. The van der Waals surface area contributed by atoms with E-state index in [1.54, 1.807) is 32.0 Å². The molecule has 0 aromatic heterocycles. The highest BCUT2D eigenvalue weighted by Crippen LogP contribution is 2.28. The number of halogens is 1. The van der Waals surface area contributed by atoms with Gasteiger partial charge < -0.3 is 16.2 Å². The van der Waals surface area contributed by atoms with Crippen LogP contribution in [0.25, 0.3) is 0 Å². The quantitative estimate of drug-likeness (QED) is 0.745. The van der Waals surface area contributed by atoms with Crippen LogP contribution >= 0.6 is 23.4 Å². The van der Waals surface area contributed by atoms with Crippen LogP contribution < -0.4 is 11.1 Å². The predicted molar refractivity (Wildman–Crippen MR) is 87.0 cm³/mol. The molecule has 0 bridgehead atoms. The molecule has 116 valence electrons. The Balaban J connectivity index is 2.60. The van der Waals surface area contributed by atoms with Gasteiger partial charge in [-0.1, -0.05) is 11.6 Å². The van der Waals surface area contributed by atoms with E-state index in [9.17, 15) is 9.59 Å². The van der Waals surface area contributed by atoms with Gasteiger partial charge in [0, 0.05) is 15.5 Å². The van der Waals surface area contributed by atoms with E-state index < -0.39 is 16.8 Å². The van der Waals surface area contributed by atoms with Crippen molar-refractivity contribution in [2.75, 3.05) is 11.1 Å². The molecule has 0 aliphatic carbocycles.